The fourth-order valence-electron chi connectivity index (χ4n) is 4.60. The van der Waals surface area contributed by atoms with Crippen LogP contribution in [0.5, 0.6) is 0 Å². The molecule has 0 radical (unpaired) electrons. The maximum absolute atomic E-state index is 13.4. The van der Waals surface area contributed by atoms with Crippen molar-refractivity contribution < 1.29 is 9.59 Å². The molecule has 2 amide bonds. The molecule has 33 heavy (non-hydrogen) atoms. The summed E-state index contributed by atoms with van der Waals surface area (Å²) in [6.45, 7) is 4.24. The van der Waals surface area contributed by atoms with E-state index < -0.39 is 0 Å². The number of aryl methyl sites for hydroxylation is 2. The number of aromatic nitrogens is 3. The van der Waals surface area contributed by atoms with E-state index in [4.69, 9.17) is 5.10 Å². The lowest BCUT2D eigenvalue weighted by Gasteiger charge is -2.28. The minimum absolute atomic E-state index is 0.0945. The predicted octanol–water partition coefficient (Wildman–Crippen LogP) is 2.10. The summed E-state index contributed by atoms with van der Waals surface area (Å²) in [5.41, 5.74) is 3.98. The zero-order valence-corrected chi connectivity index (χ0v) is 19.4. The van der Waals surface area contributed by atoms with Gasteiger partial charge in [0.15, 0.2) is 5.69 Å². The molecule has 4 heterocycles. The van der Waals surface area contributed by atoms with Gasteiger partial charge in [0.25, 0.3) is 5.91 Å². The van der Waals surface area contributed by atoms with Crippen LogP contribution in [-0.2, 0) is 37.3 Å². The van der Waals surface area contributed by atoms with Gasteiger partial charge in [-0.3, -0.25) is 19.2 Å². The first-order valence-electron chi connectivity index (χ1n) is 11.5. The summed E-state index contributed by atoms with van der Waals surface area (Å²) in [5, 5.41) is 10.7. The van der Waals surface area contributed by atoms with Crippen molar-refractivity contribution >= 4 is 23.2 Å². The normalized spacial score (nSPS) is 16.5. The molecule has 2 aliphatic heterocycles. The number of fused-ring (bicyclic) bond motifs is 1. The molecule has 1 aromatic carbocycles. The van der Waals surface area contributed by atoms with E-state index in [1.807, 2.05) is 22.3 Å². The summed E-state index contributed by atoms with van der Waals surface area (Å²) in [4.78, 5) is 33.6. The number of carbonyl (C=O) groups is 2. The highest BCUT2D eigenvalue weighted by Crippen LogP contribution is 2.26. The van der Waals surface area contributed by atoms with Crippen LogP contribution in [0.15, 0.2) is 41.9 Å². The van der Waals surface area contributed by atoms with Crippen molar-refractivity contribution in [1.29, 1.82) is 0 Å². The molecule has 0 unspecified atom stereocenters. The first-order valence-corrected chi connectivity index (χ1v) is 12.3. The van der Waals surface area contributed by atoms with Crippen LogP contribution in [-0.4, -0.2) is 62.6 Å². The number of nitrogens with one attached hydrogen (secondary N) is 1. The molecule has 0 aliphatic carbocycles. The van der Waals surface area contributed by atoms with Crippen molar-refractivity contribution in [2.45, 2.75) is 38.9 Å². The van der Waals surface area contributed by atoms with E-state index in [2.05, 4.69) is 39.5 Å². The van der Waals surface area contributed by atoms with Gasteiger partial charge in [0, 0.05) is 62.0 Å². The molecule has 2 aromatic heterocycles. The molecule has 5 rings (SSSR count). The monoisotopic (exact) mass is 464 g/mol. The van der Waals surface area contributed by atoms with Crippen LogP contribution in [0.25, 0.3) is 0 Å². The Morgan fingerprint density at radius 3 is 2.82 bits per heavy atom. The Labute approximate surface area is 197 Å². The maximum Gasteiger partial charge on any atom is 0.275 e. The molecule has 3 aromatic rings. The standard InChI is InChI=1S/C24H28N6O2S/c31-21-16-29(13-9-25-21)24(32)23-19-15-28(17-22-26-10-14-33-22)12-8-20(19)30(27-23)11-4-7-18-5-2-1-3-6-18/h1-3,5-6,10,14H,4,7-9,11-13,15-17H2,(H,25,31). The molecule has 9 heteroatoms. The van der Waals surface area contributed by atoms with Crippen LogP contribution >= 0.6 is 11.3 Å². The highest BCUT2D eigenvalue weighted by Gasteiger charge is 2.32. The molecule has 8 nitrogen and oxygen atoms in total. The lowest BCUT2D eigenvalue weighted by Crippen LogP contribution is -2.50. The van der Waals surface area contributed by atoms with Crippen molar-refractivity contribution in [3.05, 3.63) is 69.4 Å². The third kappa shape index (κ3) is 4.99. The fourth-order valence-corrected chi connectivity index (χ4v) is 5.26. The largest absolute Gasteiger partial charge is 0.353 e. The lowest BCUT2D eigenvalue weighted by molar-refractivity contribution is -0.123. The van der Waals surface area contributed by atoms with Crippen LogP contribution in [0, 0.1) is 0 Å². The number of benzene rings is 1. The van der Waals surface area contributed by atoms with Crippen molar-refractivity contribution in [1.82, 2.24) is 29.9 Å². The smallest absolute Gasteiger partial charge is 0.275 e. The Bertz CT molecular complexity index is 1110. The topological polar surface area (TPSA) is 83.4 Å². The first-order chi connectivity index (χ1) is 16.2. The zero-order valence-electron chi connectivity index (χ0n) is 18.6. The van der Waals surface area contributed by atoms with Gasteiger partial charge in [-0.15, -0.1) is 11.3 Å². The number of carbonyl (C=O) groups excluding carboxylic acids is 2. The van der Waals surface area contributed by atoms with Crippen LogP contribution < -0.4 is 5.32 Å². The van der Waals surface area contributed by atoms with Gasteiger partial charge in [0.05, 0.1) is 13.1 Å². The molecular weight excluding hydrogens is 436 g/mol. The third-order valence-corrected chi connectivity index (χ3v) is 7.03. The minimum atomic E-state index is -0.140. The maximum atomic E-state index is 13.4. The molecular formula is C24H28N6O2S. The fraction of sp³-hybridized carbons (Fsp3) is 0.417. The summed E-state index contributed by atoms with van der Waals surface area (Å²) in [7, 11) is 0. The summed E-state index contributed by atoms with van der Waals surface area (Å²) in [6, 6.07) is 10.4. The van der Waals surface area contributed by atoms with E-state index in [9.17, 15) is 9.59 Å². The Kier molecular flexibility index (Phi) is 6.50. The molecule has 0 atom stereocenters. The minimum Gasteiger partial charge on any atom is -0.353 e. The number of amides is 2. The number of rotatable bonds is 7. The van der Waals surface area contributed by atoms with E-state index in [0.29, 0.717) is 25.3 Å². The summed E-state index contributed by atoms with van der Waals surface area (Å²) in [6.07, 6.45) is 4.62. The van der Waals surface area contributed by atoms with Crippen molar-refractivity contribution in [3.8, 4) is 0 Å². The van der Waals surface area contributed by atoms with Crippen LogP contribution in [0.3, 0.4) is 0 Å². The van der Waals surface area contributed by atoms with Gasteiger partial charge < -0.3 is 10.2 Å². The van der Waals surface area contributed by atoms with Gasteiger partial charge in [-0.2, -0.15) is 5.10 Å². The molecule has 1 saturated heterocycles. The Balaban J connectivity index is 1.36. The third-order valence-electron chi connectivity index (χ3n) is 6.26. The van der Waals surface area contributed by atoms with Gasteiger partial charge in [0.2, 0.25) is 5.91 Å². The zero-order chi connectivity index (χ0) is 22.6. The van der Waals surface area contributed by atoms with Crippen LogP contribution in [0.1, 0.15) is 38.7 Å². The average Bonchev–Trinajstić information content (AvgIpc) is 3.47. The molecule has 1 fully saturated rings. The van der Waals surface area contributed by atoms with Gasteiger partial charge in [-0.25, -0.2) is 4.98 Å². The highest BCUT2D eigenvalue weighted by atomic mass is 32.1. The Hall–Kier alpha value is -3.04. The van der Waals surface area contributed by atoms with E-state index in [1.165, 1.54) is 5.56 Å². The number of hydrogen-bond donors (Lipinski definition) is 1. The number of piperazine rings is 1. The van der Waals surface area contributed by atoms with E-state index in [-0.39, 0.29) is 18.4 Å². The molecule has 0 bridgehead atoms. The second kappa shape index (κ2) is 9.84. The van der Waals surface area contributed by atoms with Crippen molar-refractivity contribution in [2.75, 3.05) is 26.2 Å². The molecule has 172 valence electrons. The van der Waals surface area contributed by atoms with Crippen LogP contribution in [0.2, 0.25) is 0 Å². The molecule has 2 aliphatic rings. The first kappa shape index (κ1) is 21.8. The Morgan fingerprint density at radius 1 is 1.15 bits per heavy atom. The van der Waals surface area contributed by atoms with Crippen molar-refractivity contribution in [3.63, 3.8) is 0 Å². The van der Waals surface area contributed by atoms with Crippen LogP contribution in [0.4, 0.5) is 0 Å². The second-order valence-corrected chi connectivity index (χ2v) is 9.53. The predicted molar refractivity (Wildman–Crippen MR) is 126 cm³/mol. The molecule has 1 N–H and O–H groups in total. The molecule has 0 spiro atoms. The van der Waals surface area contributed by atoms with Crippen molar-refractivity contribution in [2.24, 2.45) is 0 Å². The summed E-state index contributed by atoms with van der Waals surface area (Å²) in [5.74, 6) is -0.254. The van der Waals surface area contributed by atoms with E-state index >= 15 is 0 Å². The number of thiazole rings is 1. The van der Waals surface area contributed by atoms with E-state index in [0.717, 1.165) is 55.2 Å². The Morgan fingerprint density at radius 2 is 2.03 bits per heavy atom. The van der Waals surface area contributed by atoms with Gasteiger partial charge in [-0.05, 0) is 18.4 Å². The lowest BCUT2D eigenvalue weighted by atomic mass is 10.0. The summed E-state index contributed by atoms with van der Waals surface area (Å²) < 4.78 is 2.04. The molecule has 0 saturated carbocycles. The number of nitrogens with zero attached hydrogens (tertiary/aromatic N) is 5. The average molecular weight is 465 g/mol. The van der Waals surface area contributed by atoms with E-state index in [1.54, 1.807) is 16.2 Å². The highest BCUT2D eigenvalue weighted by molar-refractivity contribution is 7.09. The second-order valence-electron chi connectivity index (χ2n) is 8.55. The van der Waals surface area contributed by atoms with Gasteiger partial charge >= 0.3 is 0 Å². The number of hydrogen-bond acceptors (Lipinski definition) is 6. The van der Waals surface area contributed by atoms with Gasteiger partial charge in [-0.1, -0.05) is 30.3 Å². The SMILES string of the molecule is O=C1CN(C(=O)c2nn(CCCc3ccccc3)c3c2CN(Cc2nccs2)CC3)CCN1. The summed E-state index contributed by atoms with van der Waals surface area (Å²) >= 11 is 1.65. The van der Waals surface area contributed by atoms with Gasteiger partial charge in [0.1, 0.15) is 5.01 Å². The quantitative estimate of drug-likeness (QED) is 0.579.